The van der Waals surface area contributed by atoms with Gasteiger partial charge in [-0.2, -0.15) is 11.3 Å². The van der Waals surface area contributed by atoms with Gasteiger partial charge in [0.25, 0.3) is 0 Å². The summed E-state index contributed by atoms with van der Waals surface area (Å²) in [5, 5.41) is 8.19. The molecule has 3 heteroatoms. The van der Waals surface area contributed by atoms with Crippen LogP contribution in [0.4, 0.5) is 0 Å². The number of thiophene rings is 1. The third-order valence-corrected chi connectivity index (χ3v) is 4.32. The molecule has 0 amide bonds. The third kappa shape index (κ3) is 3.80. The fourth-order valence-electron chi connectivity index (χ4n) is 2.62. The molecule has 1 N–H and O–H groups in total. The van der Waals surface area contributed by atoms with Crippen LogP contribution in [-0.4, -0.2) is 36.1 Å². The van der Waals surface area contributed by atoms with E-state index in [4.69, 9.17) is 0 Å². The van der Waals surface area contributed by atoms with Gasteiger partial charge < -0.3 is 5.32 Å². The Morgan fingerprint density at radius 2 is 2.29 bits per heavy atom. The van der Waals surface area contributed by atoms with E-state index in [0.29, 0.717) is 18.1 Å². The molecule has 17 heavy (non-hydrogen) atoms. The summed E-state index contributed by atoms with van der Waals surface area (Å²) in [5.74, 6) is 0. The fraction of sp³-hybridized carbons (Fsp3) is 0.714. The van der Waals surface area contributed by atoms with Crippen LogP contribution in [0.25, 0.3) is 0 Å². The molecule has 1 saturated heterocycles. The Morgan fingerprint density at radius 1 is 1.47 bits per heavy atom. The minimum atomic E-state index is 0.585. The quantitative estimate of drug-likeness (QED) is 0.867. The van der Waals surface area contributed by atoms with Gasteiger partial charge in [-0.15, -0.1) is 0 Å². The van der Waals surface area contributed by atoms with Crippen molar-refractivity contribution in [2.45, 2.75) is 51.7 Å². The van der Waals surface area contributed by atoms with Crippen molar-refractivity contribution in [3.05, 3.63) is 22.4 Å². The van der Waals surface area contributed by atoms with E-state index in [1.807, 2.05) is 0 Å². The van der Waals surface area contributed by atoms with Crippen LogP contribution in [-0.2, 0) is 6.42 Å². The Kier molecular flexibility index (Phi) is 4.60. The van der Waals surface area contributed by atoms with Crippen LogP contribution in [0.2, 0.25) is 0 Å². The zero-order valence-electron chi connectivity index (χ0n) is 11.1. The van der Waals surface area contributed by atoms with Crippen LogP contribution in [0.5, 0.6) is 0 Å². The Labute approximate surface area is 109 Å². The lowest BCUT2D eigenvalue weighted by molar-refractivity contribution is 0.266. The minimum absolute atomic E-state index is 0.585. The Hall–Kier alpha value is -0.380. The minimum Gasteiger partial charge on any atom is -0.310 e. The van der Waals surface area contributed by atoms with Gasteiger partial charge in [0.15, 0.2) is 0 Å². The van der Waals surface area contributed by atoms with Gasteiger partial charge in [0.05, 0.1) is 0 Å². The van der Waals surface area contributed by atoms with E-state index in [9.17, 15) is 0 Å². The summed E-state index contributed by atoms with van der Waals surface area (Å²) < 4.78 is 0. The maximum Gasteiger partial charge on any atom is 0.0209 e. The first-order valence-corrected chi connectivity index (χ1v) is 7.60. The maximum absolute atomic E-state index is 3.76. The molecule has 1 aromatic rings. The summed E-state index contributed by atoms with van der Waals surface area (Å²) >= 11 is 1.79. The zero-order chi connectivity index (χ0) is 12.3. The largest absolute Gasteiger partial charge is 0.310 e. The van der Waals surface area contributed by atoms with E-state index in [0.717, 1.165) is 6.42 Å². The molecule has 2 unspecified atom stereocenters. The first-order chi connectivity index (χ1) is 8.15. The monoisotopic (exact) mass is 252 g/mol. The van der Waals surface area contributed by atoms with Gasteiger partial charge in [-0.3, -0.25) is 4.90 Å². The lowest BCUT2D eigenvalue weighted by Gasteiger charge is -2.22. The van der Waals surface area contributed by atoms with Crippen molar-refractivity contribution in [3.63, 3.8) is 0 Å². The second-order valence-corrected chi connectivity index (χ2v) is 6.26. The molecular weight excluding hydrogens is 228 g/mol. The Morgan fingerprint density at radius 3 is 2.88 bits per heavy atom. The average Bonchev–Trinajstić information content (AvgIpc) is 2.88. The van der Waals surface area contributed by atoms with Crippen molar-refractivity contribution < 1.29 is 0 Å². The molecule has 0 saturated carbocycles. The Bertz CT molecular complexity index is 321. The highest BCUT2D eigenvalue weighted by Gasteiger charge is 2.24. The number of likely N-dealkylation sites (tertiary alicyclic amines) is 1. The SMILES string of the molecule is CC(Cc1ccsc1)NC1CCN(C(C)C)C1. The van der Waals surface area contributed by atoms with Crippen molar-refractivity contribution in [1.82, 2.24) is 10.2 Å². The van der Waals surface area contributed by atoms with E-state index < -0.39 is 0 Å². The molecule has 0 spiro atoms. The first kappa shape index (κ1) is 13.1. The molecule has 2 rings (SSSR count). The number of hydrogen-bond acceptors (Lipinski definition) is 3. The van der Waals surface area contributed by atoms with E-state index >= 15 is 0 Å². The lowest BCUT2D eigenvalue weighted by Crippen LogP contribution is -2.40. The molecule has 0 bridgehead atoms. The zero-order valence-corrected chi connectivity index (χ0v) is 12.0. The van der Waals surface area contributed by atoms with Gasteiger partial charge in [-0.1, -0.05) is 0 Å². The first-order valence-electron chi connectivity index (χ1n) is 6.66. The molecule has 0 radical (unpaired) electrons. The van der Waals surface area contributed by atoms with Crippen molar-refractivity contribution in [2.24, 2.45) is 0 Å². The molecule has 2 atom stereocenters. The van der Waals surface area contributed by atoms with Crippen molar-refractivity contribution in [2.75, 3.05) is 13.1 Å². The second-order valence-electron chi connectivity index (χ2n) is 5.48. The summed E-state index contributed by atoms with van der Waals surface area (Å²) in [6.07, 6.45) is 2.45. The Balaban J connectivity index is 1.74. The number of nitrogens with zero attached hydrogens (tertiary/aromatic N) is 1. The second kappa shape index (κ2) is 5.98. The highest BCUT2D eigenvalue weighted by molar-refractivity contribution is 7.07. The van der Waals surface area contributed by atoms with Crippen molar-refractivity contribution in [1.29, 1.82) is 0 Å². The lowest BCUT2D eigenvalue weighted by atomic mass is 10.1. The van der Waals surface area contributed by atoms with Crippen molar-refractivity contribution >= 4 is 11.3 Å². The van der Waals surface area contributed by atoms with Crippen LogP contribution in [0.1, 0.15) is 32.8 Å². The van der Waals surface area contributed by atoms with Crippen LogP contribution in [0, 0.1) is 0 Å². The predicted octanol–water partition coefficient (Wildman–Crippen LogP) is 2.75. The van der Waals surface area contributed by atoms with Gasteiger partial charge in [-0.05, 0) is 62.5 Å². The standard InChI is InChI=1S/C14H24N2S/c1-11(2)16-6-4-14(9-16)15-12(3)8-13-5-7-17-10-13/h5,7,10-12,14-15H,4,6,8-9H2,1-3H3. The third-order valence-electron chi connectivity index (χ3n) is 3.59. The van der Waals surface area contributed by atoms with Gasteiger partial charge in [-0.25, -0.2) is 0 Å². The smallest absolute Gasteiger partial charge is 0.0209 e. The molecule has 1 aliphatic heterocycles. The van der Waals surface area contributed by atoms with E-state index in [1.165, 1.54) is 25.1 Å². The molecule has 1 aliphatic rings. The van der Waals surface area contributed by atoms with Crippen LogP contribution < -0.4 is 5.32 Å². The molecule has 96 valence electrons. The highest BCUT2D eigenvalue weighted by atomic mass is 32.1. The number of nitrogens with one attached hydrogen (secondary N) is 1. The van der Waals surface area contributed by atoms with Crippen LogP contribution in [0.15, 0.2) is 16.8 Å². The number of hydrogen-bond donors (Lipinski definition) is 1. The summed E-state index contributed by atoms with van der Waals surface area (Å²) in [5.41, 5.74) is 1.47. The van der Waals surface area contributed by atoms with Gasteiger partial charge in [0, 0.05) is 24.7 Å². The van der Waals surface area contributed by atoms with Crippen LogP contribution >= 0.6 is 11.3 Å². The molecule has 0 aromatic carbocycles. The fourth-order valence-corrected chi connectivity index (χ4v) is 3.30. The molecule has 0 aliphatic carbocycles. The topological polar surface area (TPSA) is 15.3 Å². The number of rotatable bonds is 5. The predicted molar refractivity (Wildman–Crippen MR) is 75.7 cm³/mol. The van der Waals surface area contributed by atoms with Gasteiger partial charge in [0.2, 0.25) is 0 Å². The summed E-state index contributed by atoms with van der Waals surface area (Å²) in [4.78, 5) is 2.56. The van der Waals surface area contributed by atoms with Crippen LogP contribution in [0.3, 0.4) is 0 Å². The normalized spacial score (nSPS) is 23.4. The molecule has 1 fully saturated rings. The van der Waals surface area contributed by atoms with E-state index in [-0.39, 0.29) is 0 Å². The summed E-state index contributed by atoms with van der Waals surface area (Å²) in [6.45, 7) is 9.34. The summed E-state index contributed by atoms with van der Waals surface area (Å²) in [6, 6.07) is 4.19. The summed E-state index contributed by atoms with van der Waals surface area (Å²) in [7, 11) is 0. The van der Waals surface area contributed by atoms with E-state index in [1.54, 1.807) is 11.3 Å². The van der Waals surface area contributed by atoms with Gasteiger partial charge >= 0.3 is 0 Å². The van der Waals surface area contributed by atoms with E-state index in [2.05, 4.69) is 47.8 Å². The maximum atomic E-state index is 3.76. The van der Waals surface area contributed by atoms with Gasteiger partial charge in [0.1, 0.15) is 0 Å². The van der Waals surface area contributed by atoms with Crippen molar-refractivity contribution in [3.8, 4) is 0 Å². The molecule has 2 heterocycles. The highest BCUT2D eigenvalue weighted by Crippen LogP contribution is 2.14. The molecular formula is C14H24N2S. The molecule has 1 aromatic heterocycles. The molecule has 2 nitrogen and oxygen atoms in total. The average molecular weight is 252 g/mol.